The number of rotatable bonds is 6. The number of hydrogen-bond donors (Lipinski definition) is 1. The quantitative estimate of drug-likeness (QED) is 0.646. The van der Waals surface area contributed by atoms with Crippen LogP contribution in [0.5, 0.6) is 0 Å². The van der Waals surface area contributed by atoms with Crippen molar-refractivity contribution in [3.8, 4) is 0 Å². The van der Waals surface area contributed by atoms with Gasteiger partial charge in [0.05, 0.1) is 13.5 Å². The minimum absolute atomic E-state index is 0.153. The Balaban J connectivity index is 1.81. The first-order chi connectivity index (χ1) is 9.99. The lowest BCUT2D eigenvalue weighted by Gasteiger charge is -2.10. The number of ether oxygens (including phenoxy) is 1. The van der Waals surface area contributed by atoms with Gasteiger partial charge in [-0.05, 0) is 37.5 Å². The van der Waals surface area contributed by atoms with Crippen LogP contribution in [0.2, 0.25) is 0 Å². The van der Waals surface area contributed by atoms with Crippen molar-refractivity contribution in [1.29, 1.82) is 0 Å². The molecule has 0 aliphatic heterocycles. The monoisotopic (exact) mass is 291 g/mol. The first-order valence-electron chi connectivity index (χ1n) is 7.14. The fourth-order valence-electron chi connectivity index (χ4n) is 2.21. The fraction of sp³-hybridized carbons (Fsp3) is 0.500. The maximum atomic E-state index is 11.7. The summed E-state index contributed by atoms with van der Waals surface area (Å²) >= 11 is 0. The lowest BCUT2D eigenvalue weighted by Crippen LogP contribution is -2.33. The van der Waals surface area contributed by atoms with Crippen molar-refractivity contribution in [2.24, 2.45) is 5.92 Å². The molecule has 1 N–H and O–H groups in total. The fourth-order valence-corrected chi connectivity index (χ4v) is 2.21. The van der Waals surface area contributed by atoms with Crippen molar-refractivity contribution >= 4 is 18.0 Å². The molecule has 5 heteroatoms. The van der Waals surface area contributed by atoms with Gasteiger partial charge in [-0.3, -0.25) is 9.59 Å². The van der Waals surface area contributed by atoms with E-state index in [4.69, 9.17) is 4.42 Å². The molecular weight excluding hydrogens is 270 g/mol. The average molecular weight is 291 g/mol. The van der Waals surface area contributed by atoms with Gasteiger partial charge in [-0.15, -0.1) is 0 Å². The van der Waals surface area contributed by atoms with Crippen LogP contribution in [-0.4, -0.2) is 25.0 Å². The van der Waals surface area contributed by atoms with Crippen LogP contribution in [0.4, 0.5) is 0 Å². The second-order valence-corrected chi connectivity index (χ2v) is 5.58. The number of nitrogens with one attached hydrogen (secondary N) is 1. The molecule has 3 atom stereocenters. The second kappa shape index (κ2) is 6.61. The molecule has 1 aliphatic carbocycles. The molecule has 114 valence electrons. The summed E-state index contributed by atoms with van der Waals surface area (Å²) in [5, 5.41) is 2.70. The van der Waals surface area contributed by atoms with Gasteiger partial charge in [0.2, 0.25) is 5.91 Å². The molecular formula is C16H21NO4. The summed E-state index contributed by atoms with van der Waals surface area (Å²) in [6, 6.07) is 3.56. The van der Waals surface area contributed by atoms with E-state index in [1.165, 1.54) is 19.6 Å². The second-order valence-electron chi connectivity index (χ2n) is 5.58. The lowest BCUT2D eigenvalue weighted by molar-refractivity contribution is -0.141. The van der Waals surface area contributed by atoms with Crippen molar-refractivity contribution in [1.82, 2.24) is 5.32 Å². The summed E-state index contributed by atoms with van der Waals surface area (Å²) < 4.78 is 10.2. The summed E-state index contributed by atoms with van der Waals surface area (Å²) in [5.41, 5.74) is 0. The van der Waals surface area contributed by atoms with Gasteiger partial charge < -0.3 is 14.5 Å². The maximum Gasteiger partial charge on any atom is 0.307 e. The average Bonchev–Trinajstić information content (AvgIpc) is 2.99. The maximum absolute atomic E-state index is 11.7. The highest BCUT2D eigenvalue weighted by atomic mass is 16.5. The molecule has 1 aliphatic rings. The normalized spacial score (nSPS) is 22.0. The van der Waals surface area contributed by atoms with Gasteiger partial charge in [0.25, 0.3) is 0 Å². The van der Waals surface area contributed by atoms with E-state index in [1.807, 2.05) is 12.1 Å². The molecule has 1 fully saturated rings. The molecule has 5 nitrogen and oxygen atoms in total. The highest BCUT2D eigenvalue weighted by Crippen LogP contribution is 2.47. The van der Waals surface area contributed by atoms with E-state index in [2.05, 4.69) is 17.0 Å². The Bertz CT molecular complexity index is 546. The van der Waals surface area contributed by atoms with E-state index in [9.17, 15) is 9.59 Å². The number of amides is 1. The topological polar surface area (TPSA) is 68.5 Å². The van der Waals surface area contributed by atoms with Crippen LogP contribution < -0.4 is 5.32 Å². The number of hydrogen-bond acceptors (Lipinski definition) is 4. The van der Waals surface area contributed by atoms with Crippen LogP contribution in [0.1, 0.15) is 44.1 Å². The predicted octanol–water partition coefficient (Wildman–Crippen LogP) is 2.48. The van der Waals surface area contributed by atoms with Gasteiger partial charge in [0.15, 0.2) is 0 Å². The first-order valence-corrected chi connectivity index (χ1v) is 7.14. The lowest BCUT2D eigenvalue weighted by atomic mass is 10.2. The molecule has 1 amide bonds. The third kappa shape index (κ3) is 4.48. The van der Waals surface area contributed by atoms with E-state index < -0.39 is 0 Å². The molecule has 21 heavy (non-hydrogen) atoms. The molecule has 0 aromatic carbocycles. The first kappa shape index (κ1) is 15.4. The van der Waals surface area contributed by atoms with Crippen molar-refractivity contribution in [3.05, 3.63) is 29.7 Å². The Morgan fingerprint density at radius 1 is 1.52 bits per heavy atom. The molecule has 1 saturated carbocycles. The van der Waals surface area contributed by atoms with E-state index in [0.29, 0.717) is 17.6 Å². The third-order valence-corrected chi connectivity index (χ3v) is 3.61. The molecule has 1 aromatic heterocycles. The van der Waals surface area contributed by atoms with E-state index in [-0.39, 0.29) is 24.3 Å². The summed E-state index contributed by atoms with van der Waals surface area (Å²) in [4.78, 5) is 22.8. The van der Waals surface area contributed by atoms with Crippen LogP contribution in [0.3, 0.4) is 0 Å². The molecule has 1 aromatic rings. The summed E-state index contributed by atoms with van der Waals surface area (Å²) in [6.07, 6.45) is 4.37. The van der Waals surface area contributed by atoms with Gasteiger partial charge in [0, 0.05) is 18.0 Å². The third-order valence-electron chi connectivity index (χ3n) is 3.61. The Labute approximate surface area is 124 Å². The van der Waals surface area contributed by atoms with Gasteiger partial charge in [-0.25, -0.2) is 0 Å². The highest BCUT2D eigenvalue weighted by Gasteiger charge is 2.36. The van der Waals surface area contributed by atoms with E-state index >= 15 is 0 Å². The van der Waals surface area contributed by atoms with Crippen LogP contribution in [0.25, 0.3) is 6.08 Å². The summed E-state index contributed by atoms with van der Waals surface area (Å²) in [7, 11) is 1.33. The van der Waals surface area contributed by atoms with Crippen molar-refractivity contribution < 1.29 is 18.7 Å². The number of esters is 1. The molecule has 1 heterocycles. The summed E-state index contributed by atoms with van der Waals surface area (Å²) in [5.74, 6) is 2.27. The van der Waals surface area contributed by atoms with E-state index in [0.717, 1.165) is 5.76 Å². The Kier molecular flexibility index (Phi) is 4.83. The standard InChI is InChI=1S/C16H21NO4/c1-10-8-13(10)14-6-4-12(21-14)5-7-15(18)17-11(2)9-16(19)20-3/h4-7,10-11,13H,8-9H2,1-3H3,(H,17,18)/b7-5+. The molecule has 0 spiro atoms. The van der Waals surface area contributed by atoms with Crippen LogP contribution in [0.15, 0.2) is 22.6 Å². The van der Waals surface area contributed by atoms with Crippen molar-refractivity contribution in [3.63, 3.8) is 0 Å². The van der Waals surface area contributed by atoms with E-state index in [1.54, 1.807) is 13.0 Å². The van der Waals surface area contributed by atoms with Crippen molar-refractivity contribution in [2.75, 3.05) is 7.11 Å². The Morgan fingerprint density at radius 3 is 2.86 bits per heavy atom. The minimum atomic E-state index is -0.346. The smallest absolute Gasteiger partial charge is 0.307 e. The Hall–Kier alpha value is -2.04. The number of carbonyl (C=O) groups excluding carboxylic acids is 2. The predicted molar refractivity (Wildman–Crippen MR) is 78.5 cm³/mol. The SMILES string of the molecule is COC(=O)CC(C)NC(=O)/C=C/c1ccc(C2CC2C)o1. The number of methoxy groups -OCH3 is 1. The van der Waals surface area contributed by atoms with Gasteiger partial charge in [0.1, 0.15) is 11.5 Å². The zero-order valence-electron chi connectivity index (χ0n) is 12.6. The molecule has 2 rings (SSSR count). The molecule has 0 radical (unpaired) electrons. The molecule has 0 saturated heterocycles. The van der Waals surface area contributed by atoms with Crippen LogP contribution in [0, 0.1) is 5.92 Å². The zero-order chi connectivity index (χ0) is 15.4. The number of furan rings is 1. The number of carbonyl (C=O) groups is 2. The van der Waals surface area contributed by atoms with Gasteiger partial charge in [-0.1, -0.05) is 6.92 Å². The minimum Gasteiger partial charge on any atom is -0.469 e. The van der Waals surface area contributed by atoms with Gasteiger partial charge in [-0.2, -0.15) is 0 Å². The molecule has 3 unspecified atom stereocenters. The van der Waals surface area contributed by atoms with Crippen molar-refractivity contribution in [2.45, 2.75) is 38.6 Å². The van der Waals surface area contributed by atoms with Crippen LogP contribution >= 0.6 is 0 Å². The molecule has 0 bridgehead atoms. The van der Waals surface area contributed by atoms with Gasteiger partial charge >= 0.3 is 5.97 Å². The zero-order valence-corrected chi connectivity index (χ0v) is 12.6. The van der Waals surface area contributed by atoms with Crippen LogP contribution in [-0.2, 0) is 14.3 Å². The summed E-state index contributed by atoms with van der Waals surface area (Å²) in [6.45, 7) is 3.95. The largest absolute Gasteiger partial charge is 0.469 e. The highest BCUT2D eigenvalue weighted by molar-refractivity contribution is 5.91. The Morgan fingerprint density at radius 2 is 2.24 bits per heavy atom.